The number of hydrogen-bond donors (Lipinski definition) is 0. The molecular formula is C12H26. The Kier molecular flexibility index (Phi) is 15.9. The molecule has 0 nitrogen and oxygen atoms in total. The maximum absolute atomic E-state index is 3.71. The molecular weight excluding hydrogens is 144 g/mol. The van der Waals surface area contributed by atoms with Crippen molar-refractivity contribution < 1.29 is 0 Å². The second-order valence-electron chi connectivity index (χ2n) is 2.90. The molecule has 0 heterocycles. The summed E-state index contributed by atoms with van der Waals surface area (Å²) in [6, 6.07) is 0. The van der Waals surface area contributed by atoms with Gasteiger partial charge in [-0.25, -0.2) is 0 Å². The standard InChI is InChI=1S/C10H20.C2H6/c1-4-7-8-9-10(5-2)6-3;1-2/h4,10H,1,5-9H2,2-3H3;1-2H3. The average molecular weight is 170 g/mol. The van der Waals surface area contributed by atoms with Crippen LogP contribution in [0.15, 0.2) is 12.7 Å². The molecule has 0 atom stereocenters. The third-order valence-corrected chi connectivity index (χ3v) is 2.18. The van der Waals surface area contributed by atoms with Crippen LogP contribution in [0.2, 0.25) is 0 Å². The number of hydrogen-bond acceptors (Lipinski definition) is 0. The Morgan fingerprint density at radius 2 is 1.67 bits per heavy atom. The lowest BCUT2D eigenvalue weighted by atomic mass is 9.97. The third kappa shape index (κ3) is 9.74. The minimum atomic E-state index is 0.958. The van der Waals surface area contributed by atoms with Gasteiger partial charge in [-0.1, -0.05) is 53.0 Å². The molecule has 0 aromatic heterocycles. The summed E-state index contributed by atoms with van der Waals surface area (Å²) in [4.78, 5) is 0. The number of rotatable bonds is 6. The second-order valence-corrected chi connectivity index (χ2v) is 2.90. The van der Waals surface area contributed by atoms with E-state index in [2.05, 4.69) is 20.4 Å². The zero-order valence-corrected chi connectivity index (χ0v) is 9.40. The maximum atomic E-state index is 3.71. The first kappa shape index (κ1) is 14.3. The molecule has 12 heavy (non-hydrogen) atoms. The van der Waals surface area contributed by atoms with E-state index >= 15 is 0 Å². The van der Waals surface area contributed by atoms with Crippen LogP contribution in [0.1, 0.15) is 59.8 Å². The molecule has 74 valence electrons. The Morgan fingerprint density at radius 1 is 1.17 bits per heavy atom. The molecule has 0 aromatic rings. The van der Waals surface area contributed by atoms with Gasteiger partial charge in [-0.3, -0.25) is 0 Å². The van der Waals surface area contributed by atoms with E-state index in [1.807, 2.05) is 19.9 Å². The summed E-state index contributed by atoms with van der Waals surface area (Å²) in [6.45, 7) is 12.3. The van der Waals surface area contributed by atoms with Gasteiger partial charge in [0.1, 0.15) is 0 Å². The predicted molar refractivity (Wildman–Crippen MR) is 59.5 cm³/mol. The lowest BCUT2D eigenvalue weighted by Crippen LogP contribution is -1.95. The van der Waals surface area contributed by atoms with Crippen molar-refractivity contribution in [3.05, 3.63) is 12.7 Å². The minimum absolute atomic E-state index is 0.958. The topological polar surface area (TPSA) is 0 Å². The molecule has 0 amide bonds. The monoisotopic (exact) mass is 170 g/mol. The lowest BCUT2D eigenvalue weighted by Gasteiger charge is -2.09. The fourth-order valence-electron chi connectivity index (χ4n) is 1.25. The van der Waals surface area contributed by atoms with Crippen LogP contribution < -0.4 is 0 Å². The highest BCUT2D eigenvalue weighted by Gasteiger charge is 2.00. The molecule has 0 saturated carbocycles. The van der Waals surface area contributed by atoms with Gasteiger partial charge in [-0.2, -0.15) is 0 Å². The van der Waals surface area contributed by atoms with Gasteiger partial charge in [-0.05, 0) is 18.8 Å². The van der Waals surface area contributed by atoms with Gasteiger partial charge < -0.3 is 0 Å². The predicted octanol–water partition coefficient (Wildman–Crippen LogP) is 4.81. The first-order valence-corrected chi connectivity index (χ1v) is 5.46. The normalized spacial score (nSPS) is 9.08. The van der Waals surface area contributed by atoms with Gasteiger partial charge in [0.25, 0.3) is 0 Å². The van der Waals surface area contributed by atoms with Gasteiger partial charge in [0.2, 0.25) is 0 Å². The average Bonchev–Trinajstić information content (AvgIpc) is 2.16. The second kappa shape index (κ2) is 13.3. The SMILES string of the molecule is C=CCCCC(CC)CC.CC. The van der Waals surface area contributed by atoms with E-state index in [1.54, 1.807) is 0 Å². The highest BCUT2D eigenvalue weighted by atomic mass is 14.1. The Labute approximate surface area is 79.1 Å². The number of unbranched alkanes of at least 4 members (excludes halogenated alkanes) is 1. The van der Waals surface area contributed by atoms with Crippen LogP contribution in [-0.4, -0.2) is 0 Å². The maximum Gasteiger partial charge on any atom is -0.0353 e. The van der Waals surface area contributed by atoms with E-state index in [0.29, 0.717) is 0 Å². The summed E-state index contributed by atoms with van der Waals surface area (Å²) >= 11 is 0. The summed E-state index contributed by atoms with van der Waals surface area (Å²) in [5.74, 6) is 0.958. The van der Waals surface area contributed by atoms with Gasteiger partial charge >= 0.3 is 0 Å². The molecule has 0 aromatic carbocycles. The van der Waals surface area contributed by atoms with Crippen molar-refractivity contribution in [1.29, 1.82) is 0 Å². The van der Waals surface area contributed by atoms with Crippen LogP contribution >= 0.6 is 0 Å². The van der Waals surface area contributed by atoms with Crippen LogP contribution in [0.3, 0.4) is 0 Å². The Balaban J connectivity index is 0. The van der Waals surface area contributed by atoms with Crippen molar-refractivity contribution in [2.75, 3.05) is 0 Å². The van der Waals surface area contributed by atoms with Crippen molar-refractivity contribution in [2.45, 2.75) is 59.8 Å². The van der Waals surface area contributed by atoms with Crippen LogP contribution in [0.4, 0.5) is 0 Å². The van der Waals surface area contributed by atoms with Gasteiger partial charge in [0.05, 0.1) is 0 Å². The molecule has 0 aliphatic rings. The molecule has 0 heteroatoms. The molecule has 0 bridgehead atoms. The largest absolute Gasteiger partial charge is 0.103 e. The molecule has 0 unspecified atom stereocenters. The summed E-state index contributed by atoms with van der Waals surface area (Å²) < 4.78 is 0. The van der Waals surface area contributed by atoms with E-state index in [0.717, 1.165) is 5.92 Å². The zero-order valence-electron chi connectivity index (χ0n) is 9.40. The van der Waals surface area contributed by atoms with Crippen LogP contribution in [0.5, 0.6) is 0 Å². The van der Waals surface area contributed by atoms with Crippen molar-refractivity contribution in [3.63, 3.8) is 0 Å². The van der Waals surface area contributed by atoms with Crippen LogP contribution in [-0.2, 0) is 0 Å². The quantitative estimate of drug-likeness (QED) is 0.396. The van der Waals surface area contributed by atoms with E-state index in [9.17, 15) is 0 Å². The molecule has 0 N–H and O–H groups in total. The Hall–Kier alpha value is -0.260. The van der Waals surface area contributed by atoms with Gasteiger partial charge in [0, 0.05) is 0 Å². The molecule has 0 aliphatic carbocycles. The lowest BCUT2D eigenvalue weighted by molar-refractivity contribution is 0.443. The van der Waals surface area contributed by atoms with Crippen LogP contribution in [0.25, 0.3) is 0 Å². The fraction of sp³-hybridized carbons (Fsp3) is 0.833. The fourth-order valence-corrected chi connectivity index (χ4v) is 1.25. The zero-order chi connectivity index (χ0) is 9.82. The van der Waals surface area contributed by atoms with Crippen molar-refractivity contribution >= 4 is 0 Å². The summed E-state index contributed by atoms with van der Waals surface area (Å²) in [6.07, 6.45) is 8.61. The van der Waals surface area contributed by atoms with E-state index in [1.165, 1.54) is 32.1 Å². The molecule has 0 radical (unpaired) electrons. The van der Waals surface area contributed by atoms with Gasteiger partial charge in [-0.15, -0.1) is 6.58 Å². The van der Waals surface area contributed by atoms with E-state index < -0.39 is 0 Å². The summed E-state index contributed by atoms with van der Waals surface area (Å²) in [5, 5.41) is 0. The summed E-state index contributed by atoms with van der Waals surface area (Å²) in [5.41, 5.74) is 0. The van der Waals surface area contributed by atoms with Crippen LogP contribution in [0, 0.1) is 5.92 Å². The molecule has 0 aliphatic heterocycles. The molecule has 0 fully saturated rings. The first-order valence-electron chi connectivity index (χ1n) is 5.46. The first-order chi connectivity index (χ1) is 5.85. The Morgan fingerprint density at radius 3 is 2.00 bits per heavy atom. The van der Waals surface area contributed by atoms with Crippen molar-refractivity contribution in [2.24, 2.45) is 5.92 Å². The van der Waals surface area contributed by atoms with Crippen molar-refractivity contribution in [1.82, 2.24) is 0 Å². The third-order valence-electron chi connectivity index (χ3n) is 2.18. The molecule has 0 spiro atoms. The number of allylic oxidation sites excluding steroid dienone is 1. The molecule has 0 saturated heterocycles. The van der Waals surface area contributed by atoms with E-state index in [-0.39, 0.29) is 0 Å². The molecule has 0 rings (SSSR count). The van der Waals surface area contributed by atoms with E-state index in [4.69, 9.17) is 0 Å². The minimum Gasteiger partial charge on any atom is -0.103 e. The highest BCUT2D eigenvalue weighted by molar-refractivity contribution is 4.67. The van der Waals surface area contributed by atoms with Crippen molar-refractivity contribution in [3.8, 4) is 0 Å². The summed E-state index contributed by atoms with van der Waals surface area (Å²) in [7, 11) is 0. The van der Waals surface area contributed by atoms with Gasteiger partial charge in [0.15, 0.2) is 0 Å². The Bertz CT molecular complexity index is 70.1. The smallest absolute Gasteiger partial charge is 0.0353 e. The highest BCUT2D eigenvalue weighted by Crippen LogP contribution is 2.15.